The van der Waals surface area contributed by atoms with Crippen molar-refractivity contribution in [2.24, 2.45) is 0 Å². The number of benzene rings is 1. The van der Waals surface area contributed by atoms with E-state index in [0.29, 0.717) is 11.1 Å². The summed E-state index contributed by atoms with van der Waals surface area (Å²) in [5.41, 5.74) is 0.920. The number of carboxylic acids is 1. The number of carbonyl (C=O) groups is 1. The van der Waals surface area contributed by atoms with Crippen molar-refractivity contribution in [2.45, 2.75) is 24.3 Å². The molecule has 2 rings (SSSR count). The van der Waals surface area contributed by atoms with Crippen molar-refractivity contribution in [3.63, 3.8) is 0 Å². The van der Waals surface area contributed by atoms with E-state index in [-0.39, 0.29) is 22.8 Å². The Kier molecular flexibility index (Phi) is 4.92. The zero-order valence-electron chi connectivity index (χ0n) is 12.4. The van der Waals surface area contributed by atoms with Crippen LogP contribution in [0.15, 0.2) is 29.2 Å². The van der Waals surface area contributed by atoms with Crippen LogP contribution in [0.2, 0.25) is 0 Å². The fourth-order valence-corrected chi connectivity index (χ4v) is 5.68. The van der Waals surface area contributed by atoms with Gasteiger partial charge < -0.3 is 5.11 Å². The summed E-state index contributed by atoms with van der Waals surface area (Å²) >= 11 is 0. The number of rotatable bonds is 5. The van der Waals surface area contributed by atoms with Gasteiger partial charge in [-0.05, 0) is 36.6 Å². The molecular formula is C14H17NO6S2. The average molecular weight is 359 g/mol. The minimum atomic E-state index is -3.88. The van der Waals surface area contributed by atoms with E-state index < -0.39 is 31.9 Å². The third-order valence-electron chi connectivity index (χ3n) is 3.47. The zero-order chi connectivity index (χ0) is 17.3. The highest BCUT2D eigenvalue weighted by Crippen LogP contribution is 2.20. The van der Waals surface area contributed by atoms with Crippen molar-refractivity contribution in [3.05, 3.63) is 35.4 Å². The number of hydrogen-bond donors (Lipinski definition) is 2. The first-order valence-electron chi connectivity index (χ1n) is 6.83. The van der Waals surface area contributed by atoms with Gasteiger partial charge in [-0.15, -0.1) is 0 Å². The van der Waals surface area contributed by atoms with Gasteiger partial charge >= 0.3 is 5.97 Å². The third-order valence-corrected chi connectivity index (χ3v) is 6.90. The SMILES string of the molecule is Cc1ccc(/C=C/C(=O)O)cc1S(=O)(=O)N[C@@H]1CCS(=O)(=O)C1. The van der Waals surface area contributed by atoms with Crippen LogP contribution in [0, 0.1) is 6.92 Å². The monoisotopic (exact) mass is 359 g/mol. The van der Waals surface area contributed by atoms with Gasteiger partial charge in [-0.25, -0.2) is 26.4 Å². The molecule has 2 N–H and O–H groups in total. The molecule has 0 bridgehead atoms. The summed E-state index contributed by atoms with van der Waals surface area (Å²) in [5.74, 6) is -1.37. The first kappa shape index (κ1) is 17.6. The second-order valence-corrected chi connectivity index (χ2v) is 9.33. The summed E-state index contributed by atoms with van der Waals surface area (Å²) < 4.78 is 50.2. The number of hydrogen-bond acceptors (Lipinski definition) is 5. The third kappa shape index (κ3) is 4.63. The summed E-state index contributed by atoms with van der Waals surface area (Å²) in [6, 6.07) is 3.90. The van der Waals surface area contributed by atoms with Crippen LogP contribution >= 0.6 is 0 Å². The highest BCUT2D eigenvalue weighted by atomic mass is 32.2. The fraction of sp³-hybridized carbons (Fsp3) is 0.357. The Morgan fingerprint density at radius 3 is 2.65 bits per heavy atom. The van der Waals surface area contributed by atoms with E-state index in [2.05, 4.69) is 4.72 Å². The van der Waals surface area contributed by atoms with Crippen LogP contribution in [-0.2, 0) is 24.7 Å². The normalized spacial score (nSPS) is 20.8. The lowest BCUT2D eigenvalue weighted by Crippen LogP contribution is -2.35. The highest BCUT2D eigenvalue weighted by molar-refractivity contribution is 7.92. The largest absolute Gasteiger partial charge is 0.478 e. The maximum Gasteiger partial charge on any atom is 0.328 e. The number of aryl methyl sites for hydroxylation is 1. The van der Waals surface area contributed by atoms with Gasteiger partial charge in [0.05, 0.1) is 16.4 Å². The Bertz CT molecular complexity index is 855. The minimum absolute atomic E-state index is 0.00865. The van der Waals surface area contributed by atoms with E-state index in [0.717, 1.165) is 6.08 Å². The summed E-state index contributed by atoms with van der Waals surface area (Å²) in [6.07, 6.45) is 2.46. The molecule has 1 atom stereocenters. The molecule has 1 aromatic rings. The Morgan fingerprint density at radius 2 is 2.09 bits per heavy atom. The molecule has 1 aliphatic heterocycles. The van der Waals surface area contributed by atoms with Crippen molar-refractivity contribution in [3.8, 4) is 0 Å². The summed E-state index contributed by atoms with van der Waals surface area (Å²) in [7, 11) is -7.07. The van der Waals surface area contributed by atoms with Crippen LogP contribution in [0.1, 0.15) is 17.5 Å². The molecule has 1 fully saturated rings. The quantitative estimate of drug-likeness (QED) is 0.742. The molecule has 23 heavy (non-hydrogen) atoms. The van der Waals surface area contributed by atoms with E-state index in [1.165, 1.54) is 12.1 Å². The number of sulfonamides is 1. The molecular weight excluding hydrogens is 342 g/mol. The maximum atomic E-state index is 12.5. The molecule has 0 radical (unpaired) electrons. The predicted molar refractivity (Wildman–Crippen MR) is 85.2 cm³/mol. The van der Waals surface area contributed by atoms with Gasteiger partial charge in [-0.2, -0.15) is 0 Å². The van der Waals surface area contributed by atoms with Gasteiger partial charge in [0.1, 0.15) is 0 Å². The Labute approximate surface area is 135 Å². The highest BCUT2D eigenvalue weighted by Gasteiger charge is 2.31. The number of carboxylic acid groups (broad SMARTS) is 1. The second-order valence-electron chi connectivity index (χ2n) is 5.42. The van der Waals surface area contributed by atoms with Crippen LogP contribution in [-0.4, -0.2) is 45.5 Å². The molecule has 126 valence electrons. The lowest BCUT2D eigenvalue weighted by atomic mass is 10.1. The maximum absolute atomic E-state index is 12.5. The predicted octanol–water partition coefficient (Wildman–Crippen LogP) is 0.558. The molecule has 9 heteroatoms. The van der Waals surface area contributed by atoms with E-state index in [1.807, 2.05) is 0 Å². The topological polar surface area (TPSA) is 118 Å². The molecule has 0 aliphatic carbocycles. The molecule has 0 aromatic heterocycles. The molecule has 0 saturated carbocycles. The fourth-order valence-electron chi connectivity index (χ4n) is 2.35. The van der Waals surface area contributed by atoms with E-state index in [1.54, 1.807) is 19.1 Å². The smallest absolute Gasteiger partial charge is 0.328 e. The number of aliphatic carboxylic acids is 1. The van der Waals surface area contributed by atoms with E-state index in [9.17, 15) is 21.6 Å². The van der Waals surface area contributed by atoms with Crippen LogP contribution in [0.4, 0.5) is 0 Å². The molecule has 1 aromatic carbocycles. The van der Waals surface area contributed by atoms with Gasteiger partial charge in [-0.1, -0.05) is 12.1 Å². The molecule has 1 aliphatic rings. The molecule has 0 spiro atoms. The molecule has 0 amide bonds. The molecule has 7 nitrogen and oxygen atoms in total. The van der Waals surface area contributed by atoms with Gasteiger partial charge in [-0.3, -0.25) is 0 Å². The summed E-state index contributed by atoms with van der Waals surface area (Å²) in [4.78, 5) is 10.5. The van der Waals surface area contributed by atoms with Crippen LogP contribution in [0.5, 0.6) is 0 Å². The average Bonchev–Trinajstić information content (AvgIpc) is 2.75. The van der Waals surface area contributed by atoms with E-state index in [4.69, 9.17) is 5.11 Å². The number of sulfone groups is 1. The lowest BCUT2D eigenvalue weighted by molar-refractivity contribution is -0.131. The van der Waals surface area contributed by atoms with Crippen molar-refractivity contribution in [1.29, 1.82) is 0 Å². The number of nitrogens with one attached hydrogen (secondary N) is 1. The molecule has 1 saturated heterocycles. The molecule has 0 unspecified atom stereocenters. The standard InChI is InChI=1S/C14H17NO6S2/c1-10-2-3-11(4-5-14(16)17)8-13(10)23(20,21)15-12-6-7-22(18,19)9-12/h2-5,8,12,15H,6-7,9H2,1H3,(H,16,17)/b5-4+/t12-/m1/s1. The van der Waals surface area contributed by atoms with Gasteiger partial charge in [0, 0.05) is 12.1 Å². The minimum Gasteiger partial charge on any atom is -0.478 e. The van der Waals surface area contributed by atoms with Gasteiger partial charge in [0.15, 0.2) is 9.84 Å². The van der Waals surface area contributed by atoms with Crippen molar-refractivity contribution in [1.82, 2.24) is 4.72 Å². The van der Waals surface area contributed by atoms with Crippen molar-refractivity contribution >= 4 is 31.9 Å². The summed E-state index contributed by atoms with van der Waals surface area (Å²) in [6.45, 7) is 1.62. The Balaban J connectivity index is 2.28. The lowest BCUT2D eigenvalue weighted by Gasteiger charge is -2.14. The molecule has 1 heterocycles. The van der Waals surface area contributed by atoms with Crippen molar-refractivity contribution < 1.29 is 26.7 Å². The van der Waals surface area contributed by atoms with Crippen LogP contribution < -0.4 is 4.72 Å². The summed E-state index contributed by atoms with van der Waals surface area (Å²) in [5, 5.41) is 8.62. The first-order valence-corrected chi connectivity index (χ1v) is 10.1. The van der Waals surface area contributed by atoms with Gasteiger partial charge in [0.2, 0.25) is 10.0 Å². The first-order chi connectivity index (χ1) is 10.6. The van der Waals surface area contributed by atoms with Gasteiger partial charge in [0.25, 0.3) is 0 Å². The Hall–Kier alpha value is -1.71. The second kappa shape index (κ2) is 6.42. The Morgan fingerprint density at radius 1 is 1.39 bits per heavy atom. The van der Waals surface area contributed by atoms with Crippen molar-refractivity contribution in [2.75, 3.05) is 11.5 Å². The van der Waals surface area contributed by atoms with E-state index >= 15 is 0 Å². The van der Waals surface area contributed by atoms with Crippen LogP contribution in [0.25, 0.3) is 6.08 Å². The zero-order valence-corrected chi connectivity index (χ0v) is 14.0. The van der Waals surface area contributed by atoms with Crippen LogP contribution in [0.3, 0.4) is 0 Å².